The van der Waals surface area contributed by atoms with Crippen molar-refractivity contribution in [3.05, 3.63) is 51.7 Å². The van der Waals surface area contributed by atoms with Gasteiger partial charge >= 0.3 is 0 Å². The molecule has 3 rings (SSSR count). The number of fused-ring (bicyclic) bond motifs is 1. The monoisotopic (exact) mass is 343 g/mol. The van der Waals surface area contributed by atoms with Crippen LogP contribution in [0.1, 0.15) is 27.7 Å². The van der Waals surface area contributed by atoms with Gasteiger partial charge in [-0.25, -0.2) is 0 Å². The lowest BCUT2D eigenvalue weighted by Gasteiger charge is -2.26. The summed E-state index contributed by atoms with van der Waals surface area (Å²) in [5.74, 6) is -0.208. The van der Waals surface area contributed by atoms with Gasteiger partial charge in [-0.2, -0.15) is 0 Å². The van der Waals surface area contributed by atoms with E-state index in [0.29, 0.717) is 17.8 Å². The van der Waals surface area contributed by atoms with Gasteiger partial charge in [0.25, 0.3) is 5.91 Å². The number of rotatable bonds is 5. The highest BCUT2D eigenvalue weighted by molar-refractivity contribution is 7.10. The average Bonchev–Trinajstić information content (AvgIpc) is 3.02. The molecule has 0 fully saturated rings. The van der Waals surface area contributed by atoms with Crippen molar-refractivity contribution in [2.45, 2.75) is 19.9 Å². The van der Waals surface area contributed by atoms with Gasteiger partial charge in [-0.1, -0.05) is 0 Å². The molecule has 0 atom stereocenters. The molecular formula is C18H21N3O2S. The second-order valence-electron chi connectivity index (χ2n) is 5.91. The summed E-state index contributed by atoms with van der Waals surface area (Å²) in [4.78, 5) is 27.0. The van der Waals surface area contributed by atoms with E-state index in [0.717, 1.165) is 26.1 Å². The summed E-state index contributed by atoms with van der Waals surface area (Å²) in [6, 6.07) is 9.11. The zero-order valence-corrected chi connectivity index (χ0v) is 14.5. The molecule has 2 N–H and O–H groups in total. The Morgan fingerprint density at radius 2 is 2.00 bits per heavy atom. The molecule has 126 valence electrons. The number of nitrogens with one attached hydrogen (secondary N) is 2. The van der Waals surface area contributed by atoms with Gasteiger partial charge in [0, 0.05) is 49.2 Å². The van der Waals surface area contributed by atoms with Gasteiger partial charge in [-0.3, -0.25) is 14.5 Å². The summed E-state index contributed by atoms with van der Waals surface area (Å²) in [6.07, 6.45) is 1.10. The number of nitrogens with zero attached hydrogens (tertiary/aromatic N) is 1. The van der Waals surface area contributed by atoms with Gasteiger partial charge in [-0.15, -0.1) is 11.3 Å². The first-order valence-electron chi connectivity index (χ1n) is 8.05. The maximum atomic E-state index is 12.2. The Hall–Kier alpha value is -2.18. The highest BCUT2D eigenvalue weighted by Crippen LogP contribution is 2.23. The summed E-state index contributed by atoms with van der Waals surface area (Å²) in [5.41, 5.74) is 2.72. The van der Waals surface area contributed by atoms with Gasteiger partial charge < -0.3 is 10.6 Å². The summed E-state index contributed by atoms with van der Waals surface area (Å²) >= 11 is 1.84. The minimum atomic E-state index is -0.123. The van der Waals surface area contributed by atoms with Crippen LogP contribution < -0.4 is 10.6 Å². The Morgan fingerprint density at radius 3 is 2.75 bits per heavy atom. The molecule has 1 aromatic carbocycles. The largest absolute Gasteiger partial charge is 0.351 e. The Morgan fingerprint density at radius 1 is 1.21 bits per heavy atom. The maximum Gasteiger partial charge on any atom is 0.251 e. The third-order valence-corrected chi connectivity index (χ3v) is 5.09. The fourth-order valence-electron chi connectivity index (χ4n) is 2.84. The normalized spacial score (nSPS) is 14.0. The van der Waals surface area contributed by atoms with E-state index in [2.05, 4.69) is 27.0 Å². The molecule has 1 aliphatic rings. The van der Waals surface area contributed by atoms with Crippen LogP contribution in [-0.2, 0) is 17.8 Å². The fourth-order valence-corrected chi connectivity index (χ4v) is 3.73. The summed E-state index contributed by atoms with van der Waals surface area (Å²) in [7, 11) is 0. The summed E-state index contributed by atoms with van der Waals surface area (Å²) < 4.78 is 0. The van der Waals surface area contributed by atoms with E-state index in [1.54, 1.807) is 24.3 Å². The second-order valence-corrected chi connectivity index (χ2v) is 6.91. The molecule has 24 heavy (non-hydrogen) atoms. The van der Waals surface area contributed by atoms with E-state index in [1.807, 2.05) is 11.3 Å². The van der Waals surface area contributed by atoms with Crippen LogP contribution in [0.2, 0.25) is 0 Å². The Bertz CT molecular complexity index is 724. The molecule has 0 bridgehead atoms. The molecule has 0 radical (unpaired) electrons. The van der Waals surface area contributed by atoms with Crippen LogP contribution >= 0.6 is 11.3 Å². The minimum Gasteiger partial charge on any atom is -0.351 e. The van der Waals surface area contributed by atoms with Crippen molar-refractivity contribution in [3.63, 3.8) is 0 Å². The van der Waals surface area contributed by atoms with Crippen LogP contribution in [0, 0.1) is 0 Å². The lowest BCUT2D eigenvalue weighted by Crippen LogP contribution is -2.37. The first-order valence-corrected chi connectivity index (χ1v) is 8.93. The third-order valence-electron chi connectivity index (χ3n) is 4.07. The summed E-state index contributed by atoms with van der Waals surface area (Å²) in [6.45, 7) is 4.96. The van der Waals surface area contributed by atoms with Gasteiger partial charge in [0.2, 0.25) is 5.91 Å². The Labute approximate surface area is 145 Å². The van der Waals surface area contributed by atoms with E-state index in [1.165, 1.54) is 17.4 Å². The highest BCUT2D eigenvalue weighted by atomic mass is 32.1. The molecule has 1 aromatic heterocycles. The molecule has 0 spiro atoms. The Balaban J connectivity index is 1.45. The predicted octanol–water partition coefficient (Wildman–Crippen LogP) is 2.49. The molecule has 5 nitrogen and oxygen atoms in total. The van der Waals surface area contributed by atoms with E-state index in [-0.39, 0.29) is 11.8 Å². The molecule has 2 heterocycles. The Kier molecular flexibility index (Phi) is 5.27. The molecule has 1 aliphatic heterocycles. The van der Waals surface area contributed by atoms with Gasteiger partial charge in [0.05, 0.1) is 0 Å². The second kappa shape index (κ2) is 7.59. The molecule has 0 aliphatic carbocycles. The van der Waals surface area contributed by atoms with E-state index >= 15 is 0 Å². The van der Waals surface area contributed by atoms with Crippen molar-refractivity contribution in [3.8, 4) is 0 Å². The number of benzene rings is 1. The van der Waals surface area contributed by atoms with Crippen molar-refractivity contribution >= 4 is 28.8 Å². The minimum absolute atomic E-state index is 0.0855. The number of anilines is 1. The number of carbonyl (C=O) groups is 2. The van der Waals surface area contributed by atoms with E-state index in [9.17, 15) is 9.59 Å². The SMILES string of the molecule is CC(=O)Nc1ccc(C(=O)NCCN2CCc3sccc3C2)cc1. The molecule has 0 saturated heterocycles. The number of carbonyl (C=O) groups excluding carboxylic acids is 2. The molecule has 6 heteroatoms. The number of hydrogen-bond acceptors (Lipinski definition) is 4. The number of hydrogen-bond donors (Lipinski definition) is 2. The van der Waals surface area contributed by atoms with E-state index in [4.69, 9.17) is 0 Å². The van der Waals surface area contributed by atoms with Crippen LogP contribution in [-0.4, -0.2) is 36.3 Å². The zero-order chi connectivity index (χ0) is 16.9. The van der Waals surface area contributed by atoms with Crippen LogP contribution in [0.25, 0.3) is 0 Å². The van der Waals surface area contributed by atoms with Crippen molar-refractivity contribution in [2.24, 2.45) is 0 Å². The quantitative estimate of drug-likeness (QED) is 0.877. The van der Waals surface area contributed by atoms with Crippen LogP contribution in [0.15, 0.2) is 35.7 Å². The first kappa shape index (κ1) is 16.7. The van der Waals surface area contributed by atoms with E-state index < -0.39 is 0 Å². The summed E-state index contributed by atoms with van der Waals surface area (Å²) in [5, 5.41) is 7.80. The molecule has 2 aromatic rings. The van der Waals surface area contributed by atoms with Crippen molar-refractivity contribution in [1.29, 1.82) is 0 Å². The van der Waals surface area contributed by atoms with Crippen molar-refractivity contribution in [2.75, 3.05) is 25.0 Å². The van der Waals surface area contributed by atoms with Crippen LogP contribution in [0.5, 0.6) is 0 Å². The van der Waals surface area contributed by atoms with Crippen LogP contribution in [0.4, 0.5) is 5.69 Å². The molecule has 0 saturated carbocycles. The van der Waals surface area contributed by atoms with Gasteiger partial charge in [0.15, 0.2) is 0 Å². The third kappa shape index (κ3) is 4.21. The maximum absolute atomic E-state index is 12.2. The zero-order valence-electron chi connectivity index (χ0n) is 13.7. The standard InChI is InChI=1S/C18H21N3O2S/c1-13(22)20-16-4-2-14(3-5-16)18(23)19-8-10-21-9-6-17-15(12-21)7-11-24-17/h2-5,7,11H,6,8-10,12H2,1H3,(H,19,23)(H,20,22). The van der Waals surface area contributed by atoms with Crippen molar-refractivity contribution in [1.82, 2.24) is 10.2 Å². The molecule has 2 amide bonds. The number of thiophene rings is 1. The molecule has 0 unspecified atom stereocenters. The first-order chi connectivity index (χ1) is 11.6. The topological polar surface area (TPSA) is 61.4 Å². The highest BCUT2D eigenvalue weighted by Gasteiger charge is 2.16. The van der Waals surface area contributed by atoms with Crippen molar-refractivity contribution < 1.29 is 9.59 Å². The number of amides is 2. The van der Waals surface area contributed by atoms with Gasteiger partial charge in [-0.05, 0) is 47.7 Å². The molecular weight excluding hydrogens is 322 g/mol. The lowest BCUT2D eigenvalue weighted by atomic mass is 10.1. The lowest BCUT2D eigenvalue weighted by molar-refractivity contribution is -0.114. The van der Waals surface area contributed by atoms with Crippen LogP contribution in [0.3, 0.4) is 0 Å². The fraction of sp³-hybridized carbons (Fsp3) is 0.333. The predicted molar refractivity (Wildman–Crippen MR) is 96.4 cm³/mol. The van der Waals surface area contributed by atoms with Gasteiger partial charge in [0.1, 0.15) is 0 Å². The average molecular weight is 343 g/mol. The smallest absolute Gasteiger partial charge is 0.251 e.